The molecule has 0 saturated carbocycles. The first-order valence-electron chi connectivity index (χ1n) is 11.6. The van der Waals surface area contributed by atoms with Crippen molar-refractivity contribution in [2.75, 3.05) is 6.61 Å². The molecule has 9 nitrogen and oxygen atoms in total. The molecular weight excluding hydrogens is 514 g/mol. The van der Waals surface area contributed by atoms with Gasteiger partial charge in [0.1, 0.15) is 29.8 Å². The molecule has 0 bridgehead atoms. The third-order valence-electron chi connectivity index (χ3n) is 6.02. The van der Waals surface area contributed by atoms with Crippen molar-refractivity contribution >= 4 is 23.4 Å². The highest BCUT2D eigenvalue weighted by molar-refractivity contribution is 7.99. The van der Waals surface area contributed by atoms with Gasteiger partial charge in [-0.05, 0) is 17.2 Å². The van der Waals surface area contributed by atoms with Crippen LogP contribution >= 0.6 is 23.4 Å². The summed E-state index contributed by atoms with van der Waals surface area (Å²) in [4.78, 5) is 7.77. The molecule has 11 heteroatoms. The first kappa shape index (κ1) is 25.5. The topological polar surface area (TPSA) is 122 Å². The van der Waals surface area contributed by atoms with E-state index >= 15 is 0 Å². The second-order valence-electron chi connectivity index (χ2n) is 8.41. The van der Waals surface area contributed by atoms with Gasteiger partial charge >= 0.3 is 0 Å². The molecular formula is C26H22ClN5O4S. The maximum Gasteiger partial charge on any atom is 0.184 e. The molecule has 6 atom stereocenters. The number of nitrogens with zero attached hydrogens (tertiary/aromatic N) is 5. The lowest BCUT2D eigenvalue weighted by molar-refractivity contribution is -0.300. The number of nitriles is 1. The number of fused-ring (bicyclic) bond motifs is 1. The molecule has 188 valence electrons. The highest BCUT2D eigenvalue weighted by Gasteiger charge is 2.50. The Balaban J connectivity index is 1.46. The zero-order valence-electron chi connectivity index (χ0n) is 19.5. The van der Waals surface area contributed by atoms with Gasteiger partial charge in [0.15, 0.2) is 12.0 Å². The van der Waals surface area contributed by atoms with Crippen LogP contribution in [0.5, 0.6) is 0 Å². The van der Waals surface area contributed by atoms with Crippen LogP contribution in [-0.4, -0.2) is 41.4 Å². The number of hydrogen-bond donors (Lipinski definition) is 0. The van der Waals surface area contributed by atoms with E-state index in [9.17, 15) is 10.8 Å². The van der Waals surface area contributed by atoms with Crippen molar-refractivity contribution in [3.8, 4) is 6.07 Å². The quantitative estimate of drug-likeness (QED) is 0.213. The molecule has 2 fully saturated rings. The molecule has 37 heavy (non-hydrogen) atoms. The molecule has 0 amide bonds. The molecule has 0 spiro atoms. The molecule has 3 heterocycles. The average Bonchev–Trinajstić information content (AvgIpc) is 2.94. The Hall–Kier alpha value is -3.13. The van der Waals surface area contributed by atoms with Crippen molar-refractivity contribution in [1.82, 2.24) is 4.98 Å². The molecule has 2 saturated heterocycles. The van der Waals surface area contributed by atoms with Gasteiger partial charge in [0, 0.05) is 21.6 Å². The van der Waals surface area contributed by atoms with Crippen LogP contribution in [0.1, 0.15) is 23.1 Å². The van der Waals surface area contributed by atoms with E-state index in [1.165, 1.54) is 18.0 Å². The molecule has 3 aromatic rings. The normalized spacial score (nSPS) is 26.9. The number of benzene rings is 2. The van der Waals surface area contributed by atoms with Gasteiger partial charge in [-0.25, -0.2) is 4.98 Å². The van der Waals surface area contributed by atoms with E-state index in [0.717, 1.165) is 11.1 Å². The predicted molar refractivity (Wildman–Crippen MR) is 136 cm³/mol. The van der Waals surface area contributed by atoms with Crippen molar-refractivity contribution in [3.63, 3.8) is 0 Å². The van der Waals surface area contributed by atoms with Crippen LogP contribution in [-0.2, 0) is 25.6 Å². The predicted octanol–water partition coefficient (Wildman–Crippen LogP) is 5.80. The van der Waals surface area contributed by atoms with Gasteiger partial charge in [0.25, 0.3) is 0 Å². The monoisotopic (exact) mass is 535 g/mol. The molecule has 2 aliphatic heterocycles. The van der Waals surface area contributed by atoms with E-state index < -0.39 is 36.1 Å². The largest absolute Gasteiger partial charge is 0.369 e. The highest BCUT2D eigenvalue weighted by Crippen LogP contribution is 2.42. The summed E-state index contributed by atoms with van der Waals surface area (Å²) in [5.74, 6) is 0. The summed E-state index contributed by atoms with van der Waals surface area (Å²) >= 11 is 7.41. The van der Waals surface area contributed by atoms with Crippen molar-refractivity contribution in [1.29, 1.82) is 5.26 Å². The Morgan fingerprint density at radius 2 is 1.92 bits per heavy atom. The zero-order valence-corrected chi connectivity index (χ0v) is 21.0. The lowest BCUT2D eigenvalue weighted by atomic mass is 9.96. The van der Waals surface area contributed by atoms with Crippen LogP contribution < -0.4 is 0 Å². The van der Waals surface area contributed by atoms with E-state index in [2.05, 4.69) is 21.1 Å². The van der Waals surface area contributed by atoms with Crippen LogP contribution in [0.25, 0.3) is 10.4 Å². The number of azide groups is 1. The number of pyridine rings is 1. The maximum absolute atomic E-state index is 9.57. The first-order valence-corrected chi connectivity index (χ1v) is 12.8. The fourth-order valence-electron chi connectivity index (χ4n) is 4.30. The molecule has 4 unspecified atom stereocenters. The number of thioether (sulfide) groups is 1. The molecule has 2 aliphatic rings. The summed E-state index contributed by atoms with van der Waals surface area (Å²) in [6, 6.07) is 22.2. The molecule has 0 radical (unpaired) electrons. The third kappa shape index (κ3) is 5.90. The number of aromatic nitrogens is 1. The highest BCUT2D eigenvalue weighted by atomic mass is 35.5. The molecule has 1 aromatic heterocycles. The summed E-state index contributed by atoms with van der Waals surface area (Å²) in [5.41, 5.74) is 10.8. The number of ether oxygens (including phenoxy) is 4. The van der Waals surface area contributed by atoms with Crippen LogP contribution in [0.4, 0.5) is 0 Å². The fraction of sp³-hybridized carbons (Fsp3) is 0.308. The van der Waals surface area contributed by atoms with Crippen molar-refractivity contribution < 1.29 is 18.9 Å². The Bertz CT molecular complexity index is 1310. The van der Waals surface area contributed by atoms with Crippen LogP contribution in [0.2, 0.25) is 5.02 Å². The first-order chi connectivity index (χ1) is 18.2. The smallest absolute Gasteiger partial charge is 0.184 e. The summed E-state index contributed by atoms with van der Waals surface area (Å²) in [7, 11) is 0. The minimum absolute atomic E-state index is 0.211. The third-order valence-corrected chi connectivity index (χ3v) is 7.40. The van der Waals surface area contributed by atoms with Gasteiger partial charge in [0.05, 0.1) is 24.3 Å². The standard InChI is InChI=1S/C26H22ClN5O4S/c27-18-11-21(19(12-28)30-13-18)37-26-24(33-14-16-7-3-1-4-8-16)22(31-32-29)23-20(35-26)15-34-25(36-23)17-9-5-2-6-10-17/h1-11,13,20,22-26H,14-15H2/t20?,22?,23-,24?,25?,26+/m0/s1. The maximum atomic E-state index is 9.57. The second-order valence-corrected chi connectivity index (χ2v) is 9.98. The SMILES string of the molecule is N#Cc1ncc(Cl)cc1S[C@H]1OC2COC(c3ccccc3)O[C@@H]2C(N=[N+]=[N-])C1OCc1ccccc1. The Morgan fingerprint density at radius 3 is 2.65 bits per heavy atom. The number of hydrogen-bond acceptors (Lipinski definition) is 8. The van der Waals surface area contributed by atoms with Gasteiger partial charge in [-0.15, -0.1) is 0 Å². The van der Waals surface area contributed by atoms with Crippen LogP contribution in [0.3, 0.4) is 0 Å². The minimum Gasteiger partial charge on any atom is -0.369 e. The Labute approximate surface area is 222 Å². The summed E-state index contributed by atoms with van der Waals surface area (Å²) < 4.78 is 25.0. The van der Waals surface area contributed by atoms with E-state index in [-0.39, 0.29) is 18.9 Å². The minimum atomic E-state index is -0.724. The lowest BCUT2D eigenvalue weighted by Gasteiger charge is -2.48. The van der Waals surface area contributed by atoms with Crippen LogP contribution in [0, 0.1) is 11.3 Å². The van der Waals surface area contributed by atoms with Gasteiger partial charge in [-0.3, -0.25) is 0 Å². The van der Waals surface area contributed by atoms with E-state index in [1.807, 2.05) is 60.7 Å². The van der Waals surface area contributed by atoms with Crippen molar-refractivity contribution in [2.24, 2.45) is 5.11 Å². The van der Waals surface area contributed by atoms with Crippen molar-refractivity contribution in [2.45, 2.75) is 47.6 Å². The molecule has 0 aliphatic carbocycles. The molecule has 5 rings (SSSR count). The summed E-state index contributed by atoms with van der Waals surface area (Å²) in [5, 5.41) is 14.1. The van der Waals surface area contributed by atoms with Gasteiger partial charge in [0.2, 0.25) is 0 Å². The van der Waals surface area contributed by atoms with E-state index in [4.69, 9.17) is 30.5 Å². The van der Waals surface area contributed by atoms with Gasteiger partial charge in [-0.2, -0.15) is 5.26 Å². The van der Waals surface area contributed by atoms with E-state index in [1.54, 1.807) is 6.07 Å². The lowest BCUT2D eigenvalue weighted by Crippen LogP contribution is -2.60. The average molecular weight is 536 g/mol. The fourth-order valence-corrected chi connectivity index (χ4v) is 5.75. The summed E-state index contributed by atoms with van der Waals surface area (Å²) in [6.07, 6.45) is -1.06. The summed E-state index contributed by atoms with van der Waals surface area (Å²) in [6.45, 7) is 0.487. The Morgan fingerprint density at radius 1 is 1.16 bits per heavy atom. The molecule has 0 N–H and O–H groups in total. The van der Waals surface area contributed by atoms with Crippen LogP contribution in [0.15, 0.2) is 82.9 Å². The number of halogens is 1. The number of rotatable bonds is 7. The zero-order chi connectivity index (χ0) is 25.6. The second kappa shape index (κ2) is 11.9. The Kier molecular flexibility index (Phi) is 8.24. The van der Waals surface area contributed by atoms with Gasteiger partial charge in [-0.1, -0.05) is 89.1 Å². The molecule has 2 aromatic carbocycles. The van der Waals surface area contributed by atoms with E-state index in [0.29, 0.717) is 9.92 Å². The van der Waals surface area contributed by atoms with Crippen molar-refractivity contribution in [3.05, 3.63) is 105 Å². The van der Waals surface area contributed by atoms with Gasteiger partial charge < -0.3 is 18.9 Å².